The molecule has 8 nitrogen and oxygen atoms in total. The van der Waals surface area contributed by atoms with Crippen LogP contribution in [0.15, 0.2) is 30.6 Å². The van der Waals surface area contributed by atoms with Crippen molar-refractivity contribution in [3.63, 3.8) is 0 Å². The summed E-state index contributed by atoms with van der Waals surface area (Å²) < 4.78 is 9.51. The lowest BCUT2D eigenvalue weighted by Crippen LogP contribution is -2.38. The first kappa shape index (κ1) is 16.7. The monoisotopic (exact) mass is 341 g/mol. The van der Waals surface area contributed by atoms with Crippen molar-refractivity contribution >= 4 is 22.8 Å². The minimum Gasteiger partial charge on any atom is -0.497 e. The van der Waals surface area contributed by atoms with Gasteiger partial charge in [-0.2, -0.15) is 0 Å². The Morgan fingerprint density at radius 3 is 2.80 bits per heavy atom. The van der Waals surface area contributed by atoms with E-state index in [9.17, 15) is 4.79 Å². The van der Waals surface area contributed by atoms with Crippen LogP contribution in [0.4, 0.5) is 5.82 Å². The number of imidazole rings is 1. The van der Waals surface area contributed by atoms with Gasteiger partial charge in [0.25, 0.3) is 11.7 Å². The summed E-state index contributed by atoms with van der Waals surface area (Å²) in [4.78, 5) is 20.2. The van der Waals surface area contributed by atoms with E-state index in [2.05, 4.69) is 31.3 Å². The van der Waals surface area contributed by atoms with Crippen LogP contribution < -0.4 is 20.4 Å². The summed E-state index contributed by atoms with van der Waals surface area (Å²) in [7, 11) is 3.62. The maximum absolute atomic E-state index is 12.3. The fourth-order valence-electron chi connectivity index (χ4n) is 2.92. The summed E-state index contributed by atoms with van der Waals surface area (Å²) in [5.74, 6) is 1.52. The molecule has 0 spiro atoms. The first-order valence-corrected chi connectivity index (χ1v) is 7.96. The Balaban J connectivity index is 1.92. The molecule has 0 saturated carbocycles. The quantitative estimate of drug-likeness (QED) is 0.669. The van der Waals surface area contributed by atoms with Crippen molar-refractivity contribution in [3.05, 3.63) is 42.1 Å². The van der Waals surface area contributed by atoms with Gasteiger partial charge in [0.15, 0.2) is 22.5 Å². The van der Waals surface area contributed by atoms with Crippen molar-refractivity contribution in [1.29, 1.82) is 0 Å². The number of aryl methyl sites for hydroxylation is 2. The second-order valence-electron chi connectivity index (χ2n) is 5.55. The van der Waals surface area contributed by atoms with Crippen LogP contribution in [0.2, 0.25) is 0 Å². The van der Waals surface area contributed by atoms with Crippen molar-refractivity contribution < 1.29 is 14.1 Å². The third kappa shape index (κ3) is 2.98. The predicted octanol–water partition coefficient (Wildman–Crippen LogP) is 0.796. The lowest BCUT2D eigenvalue weighted by molar-refractivity contribution is -0.654. The number of aromatic nitrogens is 4. The van der Waals surface area contributed by atoms with E-state index in [0.717, 1.165) is 29.2 Å². The third-order valence-electron chi connectivity index (χ3n) is 4.20. The Morgan fingerprint density at radius 2 is 2.12 bits per heavy atom. The number of rotatable bonds is 5. The van der Waals surface area contributed by atoms with E-state index in [4.69, 9.17) is 10.5 Å². The van der Waals surface area contributed by atoms with Gasteiger partial charge in [0.2, 0.25) is 0 Å². The van der Waals surface area contributed by atoms with E-state index >= 15 is 0 Å². The number of anilines is 1. The van der Waals surface area contributed by atoms with Gasteiger partial charge in [-0.05, 0) is 19.1 Å². The number of hydrogen-bond acceptors (Lipinski definition) is 5. The Hall–Kier alpha value is -3.16. The number of nitrogens with two attached hydrogens (primary N) is 1. The number of nitrogens with one attached hydrogen (secondary N) is 1. The van der Waals surface area contributed by atoms with Crippen LogP contribution in [-0.4, -0.2) is 27.6 Å². The highest BCUT2D eigenvalue weighted by Gasteiger charge is 2.23. The van der Waals surface area contributed by atoms with E-state index in [1.165, 1.54) is 12.4 Å². The molecule has 0 aliphatic rings. The number of carbonyl (C=O) groups excluding carboxylic acids is 1. The van der Waals surface area contributed by atoms with Gasteiger partial charge in [-0.3, -0.25) is 4.79 Å². The third-order valence-corrected chi connectivity index (χ3v) is 4.20. The van der Waals surface area contributed by atoms with Crippen molar-refractivity contribution in [3.8, 4) is 5.75 Å². The Kier molecular flexibility index (Phi) is 4.51. The molecule has 130 valence electrons. The van der Waals surface area contributed by atoms with E-state index in [1.807, 2.05) is 25.2 Å². The van der Waals surface area contributed by atoms with E-state index < -0.39 is 0 Å². The smallest absolute Gasteiger partial charge is 0.276 e. The normalized spacial score (nSPS) is 10.8. The molecule has 8 heteroatoms. The molecule has 2 heterocycles. The van der Waals surface area contributed by atoms with Crippen LogP contribution in [-0.2, 0) is 20.1 Å². The van der Waals surface area contributed by atoms with E-state index in [1.54, 1.807) is 7.11 Å². The highest BCUT2D eigenvalue weighted by atomic mass is 16.5. The number of nitrogen functional groups attached to an aromatic ring is 1. The summed E-state index contributed by atoms with van der Waals surface area (Å²) in [5.41, 5.74) is 7.95. The molecule has 0 radical (unpaired) electrons. The van der Waals surface area contributed by atoms with Gasteiger partial charge in [-0.1, -0.05) is 0 Å². The number of benzene rings is 1. The average Bonchev–Trinajstić information content (AvgIpc) is 2.90. The molecule has 1 amide bonds. The van der Waals surface area contributed by atoms with Gasteiger partial charge in [0.05, 0.1) is 20.7 Å². The lowest BCUT2D eigenvalue weighted by atomic mass is 10.3. The van der Waals surface area contributed by atoms with Crippen LogP contribution in [0.5, 0.6) is 5.75 Å². The van der Waals surface area contributed by atoms with Gasteiger partial charge in [-0.25, -0.2) is 19.1 Å². The standard InChI is InChI=1S/C17H20N6O2/c1-4-23-13-9-11(25-3)5-6-12(13)22(2)14(23)10-21-17(24)15-16(18)20-8-7-19-15/h5-9H,4,10H2,1-3H3,(H2-,18,20,21,24)/p+1. The molecule has 0 saturated heterocycles. The fourth-order valence-corrected chi connectivity index (χ4v) is 2.92. The number of fused-ring (bicyclic) bond motifs is 1. The molecule has 25 heavy (non-hydrogen) atoms. The van der Waals surface area contributed by atoms with Crippen molar-refractivity contribution in [2.45, 2.75) is 20.0 Å². The van der Waals surface area contributed by atoms with Gasteiger partial charge >= 0.3 is 0 Å². The Morgan fingerprint density at radius 1 is 1.36 bits per heavy atom. The first-order chi connectivity index (χ1) is 12.1. The van der Waals surface area contributed by atoms with Gasteiger partial charge in [0.1, 0.15) is 12.3 Å². The largest absolute Gasteiger partial charge is 0.497 e. The van der Waals surface area contributed by atoms with Gasteiger partial charge in [-0.15, -0.1) is 0 Å². The fraction of sp³-hybridized carbons (Fsp3) is 0.294. The Labute approximate surface area is 145 Å². The lowest BCUT2D eigenvalue weighted by Gasteiger charge is -2.05. The van der Waals surface area contributed by atoms with Crippen LogP contribution in [0.1, 0.15) is 23.2 Å². The van der Waals surface area contributed by atoms with Gasteiger partial charge < -0.3 is 15.8 Å². The minimum absolute atomic E-state index is 0.116. The van der Waals surface area contributed by atoms with E-state index in [-0.39, 0.29) is 17.4 Å². The highest BCUT2D eigenvalue weighted by molar-refractivity contribution is 5.96. The molecule has 0 fully saturated rings. The van der Waals surface area contributed by atoms with E-state index in [0.29, 0.717) is 6.54 Å². The summed E-state index contributed by atoms with van der Waals surface area (Å²) >= 11 is 0. The van der Waals surface area contributed by atoms with Crippen molar-refractivity contribution in [2.75, 3.05) is 12.8 Å². The molecule has 0 atom stereocenters. The molecule has 3 aromatic rings. The Bertz CT molecular complexity index is 934. The summed E-state index contributed by atoms with van der Waals surface area (Å²) in [6.45, 7) is 3.17. The van der Waals surface area contributed by atoms with Gasteiger partial charge in [0, 0.05) is 18.5 Å². The molecule has 3 rings (SSSR count). The van der Waals surface area contributed by atoms with Crippen LogP contribution in [0.3, 0.4) is 0 Å². The zero-order valence-corrected chi connectivity index (χ0v) is 14.5. The molecule has 2 aromatic heterocycles. The van der Waals surface area contributed by atoms with Crippen molar-refractivity contribution in [2.24, 2.45) is 7.05 Å². The number of nitrogens with zero attached hydrogens (tertiary/aromatic N) is 4. The van der Waals surface area contributed by atoms with Crippen LogP contribution >= 0.6 is 0 Å². The molecule has 0 unspecified atom stereocenters. The second kappa shape index (κ2) is 6.76. The molecule has 0 aliphatic heterocycles. The molecule has 0 bridgehead atoms. The number of methoxy groups -OCH3 is 1. The zero-order valence-electron chi connectivity index (χ0n) is 14.5. The van der Waals surface area contributed by atoms with Crippen LogP contribution in [0, 0.1) is 0 Å². The number of hydrogen-bond donors (Lipinski definition) is 2. The molecular weight excluding hydrogens is 320 g/mol. The zero-order chi connectivity index (χ0) is 18.0. The average molecular weight is 341 g/mol. The predicted molar refractivity (Wildman–Crippen MR) is 93.0 cm³/mol. The number of ether oxygens (including phenoxy) is 1. The van der Waals surface area contributed by atoms with Crippen LogP contribution in [0.25, 0.3) is 11.0 Å². The summed E-state index contributed by atoms with van der Waals surface area (Å²) in [6.07, 6.45) is 2.90. The molecule has 1 aromatic carbocycles. The maximum Gasteiger partial charge on any atom is 0.276 e. The highest BCUT2D eigenvalue weighted by Crippen LogP contribution is 2.20. The molecular formula is C17H21N6O2+. The number of amides is 1. The minimum atomic E-state index is -0.351. The summed E-state index contributed by atoms with van der Waals surface area (Å²) in [5, 5.41) is 2.87. The first-order valence-electron chi connectivity index (χ1n) is 7.96. The summed E-state index contributed by atoms with van der Waals surface area (Å²) in [6, 6.07) is 5.92. The second-order valence-corrected chi connectivity index (χ2v) is 5.55. The molecule has 0 aliphatic carbocycles. The number of carbonyl (C=O) groups is 1. The SMILES string of the molecule is CCn1c(CNC(=O)c2nccnc2N)[n+](C)c2ccc(OC)cc21. The van der Waals surface area contributed by atoms with Crippen molar-refractivity contribution in [1.82, 2.24) is 19.9 Å². The topological polar surface area (TPSA) is 98.9 Å². The molecule has 3 N–H and O–H groups in total. The maximum atomic E-state index is 12.3.